The number of hydrogen-bond donors (Lipinski definition) is 1. The minimum Gasteiger partial charge on any atom is -0.312 e. The zero-order valence-corrected chi connectivity index (χ0v) is 9.68. The van der Waals surface area contributed by atoms with Crippen molar-refractivity contribution in [2.24, 2.45) is 5.92 Å². The van der Waals surface area contributed by atoms with E-state index in [2.05, 4.69) is 17.0 Å². The van der Waals surface area contributed by atoms with Crippen molar-refractivity contribution in [1.29, 1.82) is 0 Å². The van der Waals surface area contributed by atoms with Gasteiger partial charge in [-0.2, -0.15) is 0 Å². The molecule has 96 valence electrons. The second kappa shape index (κ2) is 5.84. The fraction of sp³-hybridized carbons (Fsp3) is 1.00. The topological polar surface area (TPSA) is 24.5 Å². The van der Waals surface area contributed by atoms with Gasteiger partial charge in [0.25, 0.3) is 0 Å². The number of ether oxygens (including phenoxy) is 1. The number of rotatable bonds is 5. The summed E-state index contributed by atoms with van der Waals surface area (Å²) >= 11 is 0. The molecule has 1 heterocycles. The van der Waals surface area contributed by atoms with Crippen LogP contribution in [-0.2, 0) is 4.74 Å². The molecule has 1 fully saturated rings. The summed E-state index contributed by atoms with van der Waals surface area (Å²) in [5.41, 5.74) is 0. The fourth-order valence-electron chi connectivity index (χ4n) is 1.94. The maximum Gasteiger partial charge on any atom is 0.522 e. The lowest BCUT2D eigenvalue weighted by atomic mass is 10.1. The Morgan fingerprint density at radius 3 is 2.62 bits per heavy atom. The van der Waals surface area contributed by atoms with Crippen LogP contribution in [-0.4, -0.2) is 50.6 Å². The number of halogens is 3. The molecule has 1 aliphatic rings. The third kappa shape index (κ3) is 5.67. The molecule has 0 radical (unpaired) electrons. The third-order valence-electron chi connectivity index (χ3n) is 2.71. The lowest BCUT2D eigenvalue weighted by Crippen LogP contribution is -2.37. The largest absolute Gasteiger partial charge is 0.522 e. The molecule has 0 bridgehead atoms. The number of alkyl halides is 3. The van der Waals surface area contributed by atoms with E-state index < -0.39 is 6.36 Å². The predicted molar refractivity (Wildman–Crippen MR) is 55.1 cm³/mol. The number of likely N-dealkylation sites (N-methyl/N-ethyl adjacent to an activating group) is 1. The fourth-order valence-corrected chi connectivity index (χ4v) is 1.94. The van der Waals surface area contributed by atoms with E-state index in [-0.39, 0.29) is 6.61 Å². The molecule has 0 amide bonds. The van der Waals surface area contributed by atoms with Gasteiger partial charge in [0.15, 0.2) is 0 Å². The van der Waals surface area contributed by atoms with E-state index in [0.29, 0.717) is 18.5 Å². The van der Waals surface area contributed by atoms with Crippen molar-refractivity contribution in [2.75, 3.05) is 33.3 Å². The SMILES string of the molecule is CC1CNC(CN(C)CCOC(F)(F)F)C1. The summed E-state index contributed by atoms with van der Waals surface area (Å²) in [7, 11) is 1.81. The molecule has 2 atom stereocenters. The summed E-state index contributed by atoms with van der Waals surface area (Å²) in [6.45, 7) is 3.93. The quantitative estimate of drug-likeness (QED) is 0.787. The second-order valence-electron chi connectivity index (χ2n) is 4.50. The van der Waals surface area contributed by atoms with Gasteiger partial charge in [0.1, 0.15) is 0 Å². The normalized spacial score (nSPS) is 26.6. The maximum absolute atomic E-state index is 11.7. The van der Waals surface area contributed by atoms with Crippen LogP contribution in [0.3, 0.4) is 0 Å². The zero-order valence-electron chi connectivity index (χ0n) is 9.68. The van der Waals surface area contributed by atoms with Crippen LogP contribution < -0.4 is 5.32 Å². The van der Waals surface area contributed by atoms with Crippen LogP contribution in [0.1, 0.15) is 13.3 Å². The van der Waals surface area contributed by atoms with E-state index in [4.69, 9.17) is 0 Å². The van der Waals surface area contributed by atoms with Gasteiger partial charge in [0.05, 0.1) is 6.61 Å². The van der Waals surface area contributed by atoms with Gasteiger partial charge in [-0.1, -0.05) is 6.92 Å². The van der Waals surface area contributed by atoms with Crippen molar-refractivity contribution in [3.05, 3.63) is 0 Å². The van der Waals surface area contributed by atoms with Crippen molar-refractivity contribution in [3.8, 4) is 0 Å². The Bertz CT molecular complexity index is 211. The lowest BCUT2D eigenvalue weighted by molar-refractivity contribution is -0.324. The van der Waals surface area contributed by atoms with Crippen molar-refractivity contribution < 1.29 is 17.9 Å². The molecule has 3 nitrogen and oxygen atoms in total. The Hall–Kier alpha value is -0.330. The number of hydrogen-bond acceptors (Lipinski definition) is 3. The lowest BCUT2D eigenvalue weighted by Gasteiger charge is -2.21. The molecule has 1 N–H and O–H groups in total. The summed E-state index contributed by atoms with van der Waals surface area (Å²) in [5, 5.41) is 3.34. The van der Waals surface area contributed by atoms with E-state index >= 15 is 0 Å². The molecule has 1 aliphatic heterocycles. The first kappa shape index (κ1) is 13.7. The zero-order chi connectivity index (χ0) is 12.2. The van der Waals surface area contributed by atoms with Gasteiger partial charge in [-0.3, -0.25) is 4.74 Å². The molecule has 0 aromatic carbocycles. The van der Waals surface area contributed by atoms with Gasteiger partial charge in [-0.05, 0) is 25.9 Å². The molecule has 1 saturated heterocycles. The maximum atomic E-state index is 11.7. The first-order chi connectivity index (χ1) is 7.37. The van der Waals surface area contributed by atoms with Crippen LogP contribution in [0, 0.1) is 5.92 Å². The van der Waals surface area contributed by atoms with Gasteiger partial charge in [0, 0.05) is 19.1 Å². The summed E-state index contributed by atoms with van der Waals surface area (Å²) in [5.74, 6) is 0.657. The van der Waals surface area contributed by atoms with Crippen LogP contribution in [0.2, 0.25) is 0 Å². The highest BCUT2D eigenvalue weighted by Gasteiger charge is 2.29. The van der Waals surface area contributed by atoms with Gasteiger partial charge < -0.3 is 10.2 Å². The van der Waals surface area contributed by atoms with E-state index in [9.17, 15) is 13.2 Å². The molecular weight excluding hydrogens is 221 g/mol. The van der Waals surface area contributed by atoms with Crippen LogP contribution in [0.25, 0.3) is 0 Å². The monoisotopic (exact) mass is 240 g/mol. The van der Waals surface area contributed by atoms with E-state index in [0.717, 1.165) is 19.5 Å². The Balaban J connectivity index is 2.09. The van der Waals surface area contributed by atoms with Crippen LogP contribution >= 0.6 is 0 Å². The molecule has 0 saturated carbocycles. The first-order valence-electron chi connectivity index (χ1n) is 5.49. The van der Waals surface area contributed by atoms with Gasteiger partial charge >= 0.3 is 6.36 Å². The third-order valence-corrected chi connectivity index (χ3v) is 2.71. The van der Waals surface area contributed by atoms with Crippen LogP contribution in [0.5, 0.6) is 0 Å². The van der Waals surface area contributed by atoms with Crippen molar-refractivity contribution >= 4 is 0 Å². The molecule has 16 heavy (non-hydrogen) atoms. The minimum atomic E-state index is -4.51. The van der Waals surface area contributed by atoms with Crippen molar-refractivity contribution in [2.45, 2.75) is 25.7 Å². The highest BCUT2D eigenvalue weighted by atomic mass is 19.4. The van der Waals surface area contributed by atoms with Crippen LogP contribution in [0.4, 0.5) is 13.2 Å². The van der Waals surface area contributed by atoms with Crippen LogP contribution in [0.15, 0.2) is 0 Å². The van der Waals surface area contributed by atoms with Gasteiger partial charge in [-0.15, -0.1) is 13.2 Å². The highest BCUT2D eigenvalue weighted by molar-refractivity contribution is 4.81. The van der Waals surface area contributed by atoms with E-state index in [1.54, 1.807) is 0 Å². The predicted octanol–water partition coefficient (Wildman–Crippen LogP) is 1.45. The Labute approximate surface area is 93.9 Å². The summed E-state index contributed by atoms with van der Waals surface area (Å²) in [6, 6.07) is 0.394. The molecular formula is C10H19F3N2O. The minimum absolute atomic E-state index is 0.298. The molecule has 2 unspecified atom stereocenters. The smallest absolute Gasteiger partial charge is 0.312 e. The summed E-state index contributed by atoms with van der Waals surface area (Å²) in [4.78, 5) is 1.86. The van der Waals surface area contributed by atoms with E-state index in [1.165, 1.54) is 0 Å². The average Bonchev–Trinajstić information content (AvgIpc) is 2.48. The summed E-state index contributed by atoms with van der Waals surface area (Å²) in [6.07, 6.45) is -3.43. The molecule has 0 aromatic heterocycles. The highest BCUT2D eigenvalue weighted by Crippen LogP contribution is 2.16. The molecule has 0 aliphatic carbocycles. The van der Waals surface area contributed by atoms with Crippen molar-refractivity contribution in [3.63, 3.8) is 0 Å². The van der Waals surface area contributed by atoms with E-state index in [1.807, 2.05) is 11.9 Å². The molecule has 6 heteroatoms. The Kier molecular flexibility index (Phi) is 5.01. The molecule has 0 spiro atoms. The molecule has 1 rings (SSSR count). The molecule has 0 aromatic rings. The standard InChI is InChI=1S/C10H19F3N2O/c1-8-5-9(14-6-8)7-15(2)3-4-16-10(11,12)13/h8-9,14H,3-7H2,1-2H3. The Morgan fingerprint density at radius 1 is 1.44 bits per heavy atom. The Morgan fingerprint density at radius 2 is 2.12 bits per heavy atom. The summed E-state index contributed by atoms with van der Waals surface area (Å²) < 4.78 is 38.9. The van der Waals surface area contributed by atoms with Crippen molar-refractivity contribution in [1.82, 2.24) is 10.2 Å². The van der Waals surface area contributed by atoms with Gasteiger partial charge in [0.2, 0.25) is 0 Å². The average molecular weight is 240 g/mol. The second-order valence-corrected chi connectivity index (χ2v) is 4.50. The first-order valence-corrected chi connectivity index (χ1v) is 5.49. The number of nitrogens with zero attached hydrogens (tertiary/aromatic N) is 1. The number of nitrogens with one attached hydrogen (secondary N) is 1. The van der Waals surface area contributed by atoms with Gasteiger partial charge in [-0.25, -0.2) is 0 Å².